The molecule has 182 valence electrons. The first-order valence-corrected chi connectivity index (χ1v) is 12.6. The molecule has 0 bridgehead atoms. The summed E-state index contributed by atoms with van der Waals surface area (Å²) >= 11 is 6.15. The summed E-state index contributed by atoms with van der Waals surface area (Å²) in [5.74, 6) is 0.499. The van der Waals surface area contributed by atoms with Crippen molar-refractivity contribution in [1.82, 2.24) is 14.8 Å². The van der Waals surface area contributed by atoms with Crippen molar-refractivity contribution in [3.8, 4) is 0 Å². The van der Waals surface area contributed by atoms with Gasteiger partial charge in [0.05, 0.1) is 5.54 Å². The molecule has 2 aliphatic heterocycles. The fourth-order valence-corrected chi connectivity index (χ4v) is 5.06. The minimum Gasteiger partial charge on any atom is -0.333 e. The maximum Gasteiger partial charge on any atom is 0.291 e. The van der Waals surface area contributed by atoms with Crippen LogP contribution in [-0.4, -0.2) is 70.4 Å². The number of carbonyl (C=O) groups excluding carboxylic acids is 2. The molecule has 0 radical (unpaired) electrons. The van der Waals surface area contributed by atoms with E-state index in [1.54, 1.807) is 22.1 Å². The van der Waals surface area contributed by atoms with Crippen LogP contribution < -0.4 is 0 Å². The van der Waals surface area contributed by atoms with Gasteiger partial charge in [-0.25, -0.2) is 9.98 Å². The molecule has 1 saturated heterocycles. The van der Waals surface area contributed by atoms with Gasteiger partial charge in [0, 0.05) is 54.9 Å². The quantitative estimate of drug-likeness (QED) is 0.638. The van der Waals surface area contributed by atoms with Gasteiger partial charge in [-0.2, -0.15) is 0 Å². The Morgan fingerprint density at radius 1 is 1.03 bits per heavy atom. The Bertz CT molecular complexity index is 1200. The van der Waals surface area contributed by atoms with Crippen molar-refractivity contribution in [2.45, 2.75) is 50.5 Å². The number of aromatic nitrogens is 1. The number of hydrogen-bond donors (Lipinski definition) is 0. The normalized spacial score (nSPS) is 21.9. The zero-order chi connectivity index (χ0) is 24.6. The number of nitrogens with zero attached hydrogens (tertiary/aromatic N) is 5. The number of pyridine rings is 1. The van der Waals surface area contributed by atoms with Crippen molar-refractivity contribution in [1.29, 1.82) is 0 Å². The monoisotopic (exact) mass is 491 g/mol. The second kappa shape index (κ2) is 9.53. The smallest absolute Gasteiger partial charge is 0.291 e. The SMILES string of the molecule is CC1(C)CN(C(=O)c2cccc(C3CC3)n2)CCN1C(=O)C1=NCCC(c2cccc(Cl)c2)C=N1. The van der Waals surface area contributed by atoms with Gasteiger partial charge in [0.2, 0.25) is 5.84 Å². The number of halogens is 1. The average Bonchev–Trinajstić information content (AvgIpc) is 3.70. The number of amides is 2. The Balaban J connectivity index is 1.26. The third-order valence-corrected chi connectivity index (χ3v) is 7.20. The number of amidine groups is 1. The lowest BCUT2D eigenvalue weighted by Crippen LogP contribution is -2.63. The van der Waals surface area contributed by atoms with E-state index in [9.17, 15) is 9.59 Å². The molecule has 1 saturated carbocycles. The van der Waals surface area contributed by atoms with E-state index in [4.69, 9.17) is 11.6 Å². The maximum absolute atomic E-state index is 13.4. The molecule has 1 unspecified atom stereocenters. The van der Waals surface area contributed by atoms with E-state index in [0.29, 0.717) is 42.8 Å². The molecule has 2 aromatic rings. The van der Waals surface area contributed by atoms with Gasteiger partial charge in [-0.05, 0) is 62.9 Å². The van der Waals surface area contributed by atoms with Crippen LogP contribution in [0.1, 0.15) is 66.7 Å². The Morgan fingerprint density at radius 3 is 2.57 bits per heavy atom. The van der Waals surface area contributed by atoms with Gasteiger partial charge in [-0.15, -0.1) is 0 Å². The highest BCUT2D eigenvalue weighted by Crippen LogP contribution is 2.39. The predicted molar refractivity (Wildman–Crippen MR) is 138 cm³/mol. The molecule has 1 aliphatic carbocycles. The molecule has 1 atom stereocenters. The third-order valence-electron chi connectivity index (χ3n) is 6.97. The first-order valence-electron chi connectivity index (χ1n) is 12.2. The van der Waals surface area contributed by atoms with Crippen LogP contribution in [0.5, 0.6) is 0 Å². The van der Waals surface area contributed by atoms with Gasteiger partial charge in [-0.3, -0.25) is 14.6 Å². The van der Waals surface area contributed by atoms with E-state index in [1.165, 1.54) is 0 Å². The van der Waals surface area contributed by atoms with E-state index in [0.717, 1.165) is 30.5 Å². The van der Waals surface area contributed by atoms with Crippen molar-refractivity contribution >= 4 is 35.5 Å². The molecule has 3 heterocycles. The predicted octanol–water partition coefficient (Wildman–Crippen LogP) is 4.33. The summed E-state index contributed by atoms with van der Waals surface area (Å²) in [7, 11) is 0. The average molecular weight is 492 g/mol. The number of benzene rings is 1. The van der Waals surface area contributed by atoms with Crippen LogP contribution in [0.4, 0.5) is 0 Å². The molecule has 2 amide bonds. The molecule has 35 heavy (non-hydrogen) atoms. The highest BCUT2D eigenvalue weighted by molar-refractivity contribution is 6.39. The van der Waals surface area contributed by atoms with Crippen molar-refractivity contribution in [2.75, 3.05) is 26.2 Å². The van der Waals surface area contributed by atoms with Crippen molar-refractivity contribution < 1.29 is 9.59 Å². The second-order valence-electron chi connectivity index (χ2n) is 10.2. The minimum absolute atomic E-state index is 0.0594. The second-order valence-corrected chi connectivity index (χ2v) is 10.6. The summed E-state index contributed by atoms with van der Waals surface area (Å²) in [5.41, 5.74) is 1.99. The number of carbonyl (C=O) groups is 2. The number of rotatable bonds is 4. The van der Waals surface area contributed by atoms with E-state index in [2.05, 4.69) is 15.0 Å². The topological polar surface area (TPSA) is 78.2 Å². The molecule has 3 aliphatic rings. The Morgan fingerprint density at radius 2 is 1.83 bits per heavy atom. The van der Waals surface area contributed by atoms with Gasteiger partial charge >= 0.3 is 0 Å². The lowest BCUT2D eigenvalue weighted by molar-refractivity contribution is -0.132. The first kappa shape index (κ1) is 23.7. The van der Waals surface area contributed by atoms with Gasteiger partial charge in [0.25, 0.3) is 11.8 Å². The molecule has 2 fully saturated rings. The van der Waals surface area contributed by atoms with Crippen molar-refractivity contribution in [3.05, 3.63) is 64.4 Å². The van der Waals surface area contributed by atoms with E-state index in [-0.39, 0.29) is 23.6 Å². The standard InChI is InChI=1S/C27H30ClN5O2/c1-27(2)17-32(25(34)23-8-4-7-22(31-23)18-9-10-18)13-14-33(27)26(35)24-29-12-11-20(16-30-24)19-5-3-6-21(28)15-19/h3-8,15-16,18,20H,9-14,17H2,1-2H3. The zero-order valence-electron chi connectivity index (χ0n) is 20.2. The first-order chi connectivity index (χ1) is 16.8. The van der Waals surface area contributed by atoms with Crippen LogP contribution in [-0.2, 0) is 4.79 Å². The Kier molecular flexibility index (Phi) is 6.45. The molecule has 7 nitrogen and oxygen atoms in total. The van der Waals surface area contributed by atoms with Gasteiger partial charge in [0.15, 0.2) is 0 Å². The Labute approximate surface area is 210 Å². The van der Waals surface area contributed by atoms with Gasteiger partial charge in [-0.1, -0.05) is 29.8 Å². The number of aliphatic imine (C=N–C) groups is 2. The number of hydrogen-bond acceptors (Lipinski definition) is 5. The molecule has 5 rings (SSSR count). The van der Waals surface area contributed by atoms with Crippen LogP contribution in [0.25, 0.3) is 0 Å². The van der Waals surface area contributed by atoms with Crippen LogP contribution in [0.2, 0.25) is 5.02 Å². The maximum atomic E-state index is 13.4. The summed E-state index contributed by atoms with van der Waals surface area (Å²) in [6.45, 7) is 5.77. The molecular weight excluding hydrogens is 462 g/mol. The van der Waals surface area contributed by atoms with E-state index < -0.39 is 5.54 Å². The molecule has 0 spiro atoms. The highest BCUT2D eigenvalue weighted by Gasteiger charge is 2.40. The lowest BCUT2D eigenvalue weighted by atomic mass is 9.97. The van der Waals surface area contributed by atoms with Crippen LogP contribution in [0, 0.1) is 0 Å². The Hall–Kier alpha value is -3.06. The van der Waals surface area contributed by atoms with E-state index >= 15 is 0 Å². The summed E-state index contributed by atoms with van der Waals surface area (Å²) in [5, 5.41) is 0.681. The minimum atomic E-state index is -0.560. The van der Waals surface area contributed by atoms with Gasteiger partial charge < -0.3 is 9.80 Å². The molecule has 8 heteroatoms. The molecular formula is C27H30ClN5O2. The van der Waals surface area contributed by atoms with Crippen molar-refractivity contribution in [3.63, 3.8) is 0 Å². The summed E-state index contributed by atoms with van der Waals surface area (Å²) in [4.78, 5) is 43.8. The number of piperazine rings is 1. The molecule has 1 aromatic carbocycles. The summed E-state index contributed by atoms with van der Waals surface area (Å²) < 4.78 is 0. The molecule has 1 aromatic heterocycles. The summed E-state index contributed by atoms with van der Waals surface area (Å²) in [6, 6.07) is 13.4. The lowest BCUT2D eigenvalue weighted by Gasteiger charge is -2.46. The van der Waals surface area contributed by atoms with Crippen LogP contribution in [0.3, 0.4) is 0 Å². The third kappa shape index (κ3) is 5.15. The van der Waals surface area contributed by atoms with Crippen LogP contribution >= 0.6 is 11.6 Å². The van der Waals surface area contributed by atoms with Gasteiger partial charge in [0.1, 0.15) is 5.69 Å². The zero-order valence-corrected chi connectivity index (χ0v) is 20.9. The van der Waals surface area contributed by atoms with E-state index in [1.807, 2.05) is 50.2 Å². The summed E-state index contributed by atoms with van der Waals surface area (Å²) in [6.07, 6.45) is 4.86. The fourth-order valence-electron chi connectivity index (χ4n) is 4.86. The van der Waals surface area contributed by atoms with Crippen LogP contribution in [0.15, 0.2) is 52.4 Å². The molecule has 0 N–H and O–H groups in total. The highest BCUT2D eigenvalue weighted by atomic mass is 35.5. The fraction of sp³-hybridized carbons (Fsp3) is 0.444. The van der Waals surface area contributed by atoms with Crippen molar-refractivity contribution in [2.24, 2.45) is 9.98 Å². The largest absolute Gasteiger partial charge is 0.333 e.